The van der Waals surface area contributed by atoms with Gasteiger partial charge in [-0.25, -0.2) is 8.42 Å². The van der Waals surface area contributed by atoms with Crippen LogP contribution in [0.2, 0.25) is 0 Å². The molecule has 22 heavy (non-hydrogen) atoms. The average molecular weight is 327 g/mol. The van der Waals surface area contributed by atoms with Gasteiger partial charge >= 0.3 is 0 Å². The summed E-state index contributed by atoms with van der Waals surface area (Å²) in [5, 5.41) is 13.6. The lowest BCUT2D eigenvalue weighted by Crippen LogP contribution is -2.32. The van der Waals surface area contributed by atoms with Gasteiger partial charge in [-0.2, -0.15) is 0 Å². The van der Waals surface area contributed by atoms with Crippen molar-refractivity contribution in [2.45, 2.75) is 12.5 Å². The number of amides is 1. The van der Waals surface area contributed by atoms with E-state index in [9.17, 15) is 13.2 Å². The van der Waals surface area contributed by atoms with E-state index in [0.29, 0.717) is 18.8 Å². The van der Waals surface area contributed by atoms with Gasteiger partial charge in [-0.15, -0.1) is 10.2 Å². The highest BCUT2D eigenvalue weighted by atomic mass is 32.2. The van der Waals surface area contributed by atoms with Crippen LogP contribution in [-0.4, -0.2) is 74.2 Å². The molecule has 0 radical (unpaired) electrons. The van der Waals surface area contributed by atoms with Gasteiger partial charge in [0.05, 0.1) is 11.5 Å². The normalized spacial score (nSPS) is 20.0. The van der Waals surface area contributed by atoms with Crippen molar-refractivity contribution in [1.82, 2.24) is 20.4 Å². The SMILES string of the molecule is CN(C)CCNC(=O)c1ccc(NC2CCS(=O)(=O)C2)nn1. The summed E-state index contributed by atoms with van der Waals surface area (Å²) in [6.45, 7) is 1.28. The van der Waals surface area contributed by atoms with E-state index in [0.717, 1.165) is 6.54 Å². The molecule has 8 nitrogen and oxygen atoms in total. The lowest BCUT2D eigenvalue weighted by atomic mass is 10.2. The number of carbonyl (C=O) groups is 1. The molecule has 0 aromatic carbocycles. The Labute approximate surface area is 130 Å². The third-order valence-electron chi connectivity index (χ3n) is 3.33. The first-order valence-corrected chi connectivity index (χ1v) is 8.91. The summed E-state index contributed by atoms with van der Waals surface area (Å²) in [6.07, 6.45) is 0.566. The Kier molecular flexibility index (Phi) is 5.30. The molecular weight excluding hydrogens is 306 g/mol. The molecule has 9 heteroatoms. The third-order valence-corrected chi connectivity index (χ3v) is 5.09. The Balaban J connectivity index is 1.86. The first-order chi connectivity index (χ1) is 10.4. The molecule has 2 heterocycles. The Morgan fingerprint density at radius 1 is 1.36 bits per heavy atom. The lowest BCUT2D eigenvalue weighted by molar-refractivity contribution is 0.0945. The van der Waals surface area contributed by atoms with Crippen LogP contribution in [0.25, 0.3) is 0 Å². The third kappa shape index (κ3) is 4.92. The average Bonchev–Trinajstić information content (AvgIpc) is 2.78. The van der Waals surface area contributed by atoms with E-state index in [1.54, 1.807) is 12.1 Å². The van der Waals surface area contributed by atoms with Crippen LogP contribution in [0.3, 0.4) is 0 Å². The van der Waals surface area contributed by atoms with Crippen molar-refractivity contribution in [3.8, 4) is 0 Å². The molecule has 0 saturated carbocycles. The summed E-state index contributed by atoms with van der Waals surface area (Å²) in [6, 6.07) is 3.07. The molecule has 1 unspecified atom stereocenters. The highest BCUT2D eigenvalue weighted by Crippen LogP contribution is 2.15. The number of carbonyl (C=O) groups excluding carboxylic acids is 1. The molecule has 122 valence electrons. The van der Waals surface area contributed by atoms with E-state index in [-0.39, 0.29) is 29.1 Å². The monoisotopic (exact) mass is 327 g/mol. The van der Waals surface area contributed by atoms with Gasteiger partial charge in [0, 0.05) is 19.1 Å². The van der Waals surface area contributed by atoms with Crippen molar-refractivity contribution in [2.75, 3.05) is 44.0 Å². The second-order valence-electron chi connectivity index (χ2n) is 5.61. The van der Waals surface area contributed by atoms with Gasteiger partial charge in [0.15, 0.2) is 15.5 Å². The zero-order chi connectivity index (χ0) is 16.2. The second-order valence-corrected chi connectivity index (χ2v) is 7.84. The topological polar surface area (TPSA) is 104 Å². The number of hydrogen-bond donors (Lipinski definition) is 2. The minimum Gasteiger partial charge on any atom is -0.365 e. The molecular formula is C13H21N5O3S. The van der Waals surface area contributed by atoms with Gasteiger partial charge in [0.1, 0.15) is 5.82 Å². The summed E-state index contributed by atoms with van der Waals surface area (Å²) in [4.78, 5) is 13.8. The van der Waals surface area contributed by atoms with Crippen LogP contribution in [0.5, 0.6) is 0 Å². The van der Waals surface area contributed by atoms with Crippen molar-refractivity contribution in [3.05, 3.63) is 17.8 Å². The first-order valence-electron chi connectivity index (χ1n) is 7.09. The highest BCUT2D eigenvalue weighted by Gasteiger charge is 2.27. The van der Waals surface area contributed by atoms with Gasteiger partial charge in [-0.05, 0) is 32.6 Å². The van der Waals surface area contributed by atoms with Crippen LogP contribution < -0.4 is 10.6 Å². The molecule has 1 aliphatic heterocycles. The minimum absolute atomic E-state index is 0.113. The fourth-order valence-corrected chi connectivity index (χ4v) is 3.81. The quantitative estimate of drug-likeness (QED) is 0.716. The van der Waals surface area contributed by atoms with E-state index < -0.39 is 9.84 Å². The molecule has 2 rings (SSSR count). The van der Waals surface area contributed by atoms with E-state index in [1.165, 1.54) is 0 Å². The van der Waals surface area contributed by atoms with Crippen molar-refractivity contribution in [2.24, 2.45) is 0 Å². The predicted octanol–water partition coefficient (Wildman–Crippen LogP) is -0.633. The summed E-state index contributed by atoms with van der Waals surface area (Å²) < 4.78 is 22.8. The first kappa shape index (κ1) is 16.6. The maximum Gasteiger partial charge on any atom is 0.271 e. The van der Waals surface area contributed by atoms with Crippen molar-refractivity contribution in [1.29, 1.82) is 0 Å². The number of sulfone groups is 1. The van der Waals surface area contributed by atoms with Crippen LogP contribution in [0.1, 0.15) is 16.9 Å². The minimum atomic E-state index is -2.93. The fraction of sp³-hybridized carbons (Fsp3) is 0.615. The lowest BCUT2D eigenvalue weighted by Gasteiger charge is -2.11. The molecule has 1 amide bonds. The van der Waals surface area contributed by atoms with Gasteiger partial charge in [0.25, 0.3) is 5.91 Å². The number of nitrogens with one attached hydrogen (secondary N) is 2. The Morgan fingerprint density at radius 2 is 2.14 bits per heavy atom. The van der Waals surface area contributed by atoms with Crippen LogP contribution >= 0.6 is 0 Å². The summed E-state index contributed by atoms with van der Waals surface area (Å²) in [7, 11) is 0.919. The highest BCUT2D eigenvalue weighted by molar-refractivity contribution is 7.91. The van der Waals surface area contributed by atoms with E-state index in [4.69, 9.17) is 0 Å². The van der Waals surface area contributed by atoms with Gasteiger partial charge < -0.3 is 15.5 Å². The van der Waals surface area contributed by atoms with Crippen molar-refractivity contribution in [3.63, 3.8) is 0 Å². The Bertz CT molecular complexity index is 615. The summed E-state index contributed by atoms with van der Waals surface area (Å²) >= 11 is 0. The maximum absolute atomic E-state index is 11.8. The van der Waals surface area contributed by atoms with Crippen LogP contribution in [0.4, 0.5) is 5.82 Å². The molecule has 1 aromatic rings. The van der Waals surface area contributed by atoms with Gasteiger partial charge in [-0.1, -0.05) is 0 Å². The summed E-state index contributed by atoms with van der Waals surface area (Å²) in [5.74, 6) is 0.516. The van der Waals surface area contributed by atoms with Crippen LogP contribution in [0.15, 0.2) is 12.1 Å². The van der Waals surface area contributed by atoms with E-state index >= 15 is 0 Å². The number of anilines is 1. The number of aromatic nitrogens is 2. The van der Waals surface area contributed by atoms with Crippen molar-refractivity contribution < 1.29 is 13.2 Å². The smallest absolute Gasteiger partial charge is 0.271 e. The molecule has 0 aliphatic carbocycles. The van der Waals surface area contributed by atoms with Crippen molar-refractivity contribution >= 4 is 21.6 Å². The van der Waals surface area contributed by atoms with Crippen LogP contribution in [0, 0.1) is 0 Å². The van der Waals surface area contributed by atoms with Gasteiger partial charge in [0.2, 0.25) is 0 Å². The second kappa shape index (κ2) is 7.01. The predicted molar refractivity (Wildman–Crippen MR) is 83.6 cm³/mol. The van der Waals surface area contributed by atoms with E-state index in [1.807, 2.05) is 19.0 Å². The molecule has 2 N–H and O–H groups in total. The molecule has 1 fully saturated rings. The number of nitrogens with zero attached hydrogens (tertiary/aromatic N) is 3. The molecule has 1 atom stereocenters. The van der Waals surface area contributed by atoms with Crippen LogP contribution in [-0.2, 0) is 9.84 Å². The number of likely N-dealkylation sites (N-methyl/N-ethyl adjacent to an activating group) is 1. The standard InChI is InChI=1S/C13H21N5O3S/c1-18(2)7-6-14-13(19)11-3-4-12(17-16-11)15-10-5-8-22(20,21)9-10/h3-4,10H,5-9H2,1-2H3,(H,14,19)(H,15,17). The Hall–Kier alpha value is -1.74. The zero-order valence-corrected chi connectivity index (χ0v) is 13.6. The zero-order valence-electron chi connectivity index (χ0n) is 12.7. The maximum atomic E-state index is 11.8. The molecule has 1 aromatic heterocycles. The molecule has 0 bridgehead atoms. The largest absolute Gasteiger partial charge is 0.365 e. The number of hydrogen-bond acceptors (Lipinski definition) is 7. The fourth-order valence-electron chi connectivity index (χ4n) is 2.13. The van der Waals surface area contributed by atoms with E-state index in [2.05, 4.69) is 20.8 Å². The molecule has 0 spiro atoms. The van der Waals surface area contributed by atoms with Gasteiger partial charge in [-0.3, -0.25) is 4.79 Å². The summed E-state index contributed by atoms with van der Waals surface area (Å²) in [5.41, 5.74) is 0.239. The Morgan fingerprint density at radius 3 is 2.68 bits per heavy atom. The molecule has 1 aliphatic rings. The number of rotatable bonds is 6. The molecule has 1 saturated heterocycles.